The quantitative estimate of drug-likeness (QED) is 0.722. The molecule has 3 nitrogen and oxygen atoms in total. The van der Waals surface area contributed by atoms with Crippen LogP contribution in [0.2, 0.25) is 0 Å². The van der Waals surface area contributed by atoms with Crippen molar-refractivity contribution in [1.82, 2.24) is 9.80 Å². The summed E-state index contributed by atoms with van der Waals surface area (Å²) >= 11 is 0. The van der Waals surface area contributed by atoms with Crippen molar-refractivity contribution in [2.75, 3.05) is 32.7 Å². The van der Waals surface area contributed by atoms with Gasteiger partial charge in [-0.1, -0.05) is 20.3 Å². The molecular formula is C15H33N3. The highest BCUT2D eigenvalue weighted by Crippen LogP contribution is 2.22. The summed E-state index contributed by atoms with van der Waals surface area (Å²) in [6.45, 7) is 12.7. The second-order valence-corrected chi connectivity index (χ2v) is 5.65. The van der Waals surface area contributed by atoms with E-state index in [0.717, 1.165) is 19.0 Å². The molecule has 2 N–H and O–H groups in total. The largest absolute Gasteiger partial charge is 0.330 e. The zero-order valence-corrected chi connectivity index (χ0v) is 12.7. The Morgan fingerprint density at radius 3 is 2.61 bits per heavy atom. The van der Waals surface area contributed by atoms with Crippen LogP contribution >= 0.6 is 0 Å². The topological polar surface area (TPSA) is 32.5 Å². The van der Waals surface area contributed by atoms with Crippen molar-refractivity contribution in [1.29, 1.82) is 0 Å². The molecule has 1 saturated heterocycles. The Hall–Kier alpha value is -0.120. The minimum absolute atomic E-state index is 0.703. The summed E-state index contributed by atoms with van der Waals surface area (Å²) in [6, 6.07) is 1.47. The third kappa shape index (κ3) is 4.87. The fourth-order valence-corrected chi connectivity index (χ4v) is 3.16. The summed E-state index contributed by atoms with van der Waals surface area (Å²) in [4.78, 5) is 5.32. The van der Waals surface area contributed by atoms with Crippen molar-refractivity contribution in [3.05, 3.63) is 0 Å². The van der Waals surface area contributed by atoms with Gasteiger partial charge in [0.2, 0.25) is 0 Å². The molecule has 0 radical (unpaired) electrons. The Bertz CT molecular complexity index is 204. The van der Waals surface area contributed by atoms with Crippen molar-refractivity contribution >= 4 is 0 Å². The first-order valence-corrected chi connectivity index (χ1v) is 7.91. The van der Waals surface area contributed by atoms with Crippen molar-refractivity contribution in [3.8, 4) is 0 Å². The van der Waals surface area contributed by atoms with Crippen LogP contribution in [-0.2, 0) is 0 Å². The Labute approximate surface area is 114 Å². The second kappa shape index (κ2) is 8.89. The Morgan fingerprint density at radius 2 is 2.00 bits per heavy atom. The summed E-state index contributed by atoms with van der Waals surface area (Å²) in [6.07, 6.45) is 6.58. The number of likely N-dealkylation sites (tertiary alicyclic amines) is 1. The van der Waals surface area contributed by atoms with Gasteiger partial charge in [-0.05, 0) is 58.8 Å². The third-order valence-corrected chi connectivity index (χ3v) is 4.43. The van der Waals surface area contributed by atoms with Gasteiger partial charge in [-0.15, -0.1) is 0 Å². The van der Waals surface area contributed by atoms with Crippen LogP contribution in [0.1, 0.15) is 52.9 Å². The van der Waals surface area contributed by atoms with Crippen LogP contribution < -0.4 is 5.73 Å². The molecule has 0 aromatic carbocycles. The molecule has 18 heavy (non-hydrogen) atoms. The lowest BCUT2D eigenvalue weighted by molar-refractivity contribution is 0.0702. The molecule has 108 valence electrons. The number of piperidine rings is 1. The highest BCUT2D eigenvalue weighted by atomic mass is 15.2. The Balaban J connectivity index is 2.50. The summed E-state index contributed by atoms with van der Waals surface area (Å²) < 4.78 is 0. The summed E-state index contributed by atoms with van der Waals surface area (Å²) in [7, 11) is 0. The van der Waals surface area contributed by atoms with E-state index in [-0.39, 0.29) is 0 Å². The van der Waals surface area contributed by atoms with E-state index in [1.54, 1.807) is 0 Å². The number of rotatable bonds is 8. The fourth-order valence-electron chi connectivity index (χ4n) is 3.16. The van der Waals surface area contributed by atoms with E-state index in [1.807, 2.05) is 0 Å². The summed E-state index contributed by atoms with van der Waals surface area (Å²) in [5, 5.41) is 0. The van der Waals surface area contributed by atoms with Crippen LogP contribution in [0, 0.1) is 0 Å². The van der Waals surface area contributed by atoms with Crippen LogP contribution in [0.5, 0.6) is 0 Å². The molecule has 0 saturated carbocycles. The van der Waals surface area contributed by atoms with Crippen LogP contribution in [0.25, 0.3) is 0 Å². The zero-order valence-electron chi connectivity index (χ0n) is 12.7. The van der Waals surface area contributed by atoms with Crippen molar-refractivity contribution < 1.29 is 0 Å². The highest BCUT2D eigenvalue weighted by Gasteiger charge is 2.27. The maximum atomic E-state index is 5.64. The molecule has 0 aliphatic carbocycles. The molecule has 1 aliphatic heterocycles. The van der Waals surface area contributed by atoms with E-state index in [1.165, 1.54) is 51.9 Å². The van der Waals surface area contributed by atoms with Crippen LogP contribution in [-0.4, -0.2) is 54.6 Å². The normalized spacial score (nSPS) is 23.5. The number of nitrogens with two attached hydrogens (primary N) is 1. The van der Waals surface area contributed by atoms with Crippen molar-refractivity contribution in [2.24, 2.45) is 5.73 Å². The lowest BCUT2D eigenvalue weighted by Gasteiger charge is -2.42. The maximum absolute atomic E-state index is 5.64. The fraction of sp³-hybridized carbons (Fsp3) is 1.00. The molecule has 3 heteroatoms. The van der Waals surface area contributed by atoms with Gasteiger partial charge in [-0.3, -0.25) is 4.90 Å². The van der Waals surface area contributed by atoms with Gasteiger partial charge < -0.3 is 10.6 Å². The molecule has 0 aromatic rings. The second-order valence-electron chi connectivity index (χ2n) is 5.65. The first kappa shape index (κ1) is 15.9. The summed E-state index contributed by atoms with van der Waals surface area (Å²) in [5.41, 5.74) is 5.64. The molecular weight excluding hydrogens is 222 g/mol. The van der Waals surface area contributed by atoms with Gasteiger partial charge in [-0.2, -0.15) is 0 Å². The summed E-state index contributed by atoms with van der Waals surface area (Å²) in [5.74, 6) is 0. The molecule has 0 aromatic heterocycles. The standard InChI is InChI=1S/C15H33N3/c1-4-17(5-2)13-15-10-6-7-12-18(15)14(3)9-8-11-16/h14-15H,4-13,16H2,1-3H3. The van der Waals surface area contributed by atoms with Gasteiger partial charge >= 0.3 is 0 Å². The number of likely N-dealkylation sites (N-methyl/N-ethyl adjacent to an activating group) is 1. The van der Waals surface area contributed by atoms with E-state index < -0.39 is 0 Å². The predicted octanol–water partition coefficient (Wildman–Crippen LogP) is 2.31. The van der Waals surface area contributed by atoms with Crippen LogP contribution in [0.4, 0.5) is 0 Å². The number of hydrogen-bond acceptors (Lipinski definition) is 3. The SMILES string of the molecule is CCN(CC)CC1CCCCN1C(C)CCCN. The van der Waals surface area contributed by atoms with E-state index in [4.69, 9.17) is 5.73 Å². The molecule has 2 atom stereocenters. The lowest BCUT2D eigenvalue weighted by atomic mass is 9.98. The van der Waals surface area contributed by atoms with Crippen LogP contribution in [0.3, 0.4) is 0 Å². The Kier molecular flexibility index (Phi) is 7.87. The minimum Gasteiger partial charge on any atom is -0.330 e. The molecule has 1 fully saturated rings. The zero-order chi connectivity index (χ0) is 13.4. The smallest absolute Gasteiger partial charge is 0.0225 e. The third-order valence-electron chi connectivity index (χ3n) is 4.43. The van der Waals surface area contributed by atoms with E-state index in [0.29, 0.717) is 6.04 Å². The van der Waals surface area contributed by atoms with Gasteiger partial charge in [0, 0.05) is 18.6 Å². The molecule has 1 aliphatic rings. The van der Waals surface area contributed by atoms with Gasteiger partial charge in [0.05, 0.1) is 0 Å². The Morgan fingerprint density at radius 1 is 1.28 bits per heavy atom. The van der Waals surface area contributed by atoms with Gasteiger partial charge in [-0.25, -0.2) is 0 Å². The van der Waals surface area contributed by atoms with Gasteiger partial charge in [0.1, 0.15) is 0 Å². The predicted molar refractivity (Wildman–Crippen MR) is 79.9 cm³/mol. The monoisotopic (exact) mass is 255 g/mol. The van der Waals surface area contributed by atoms with Crippen molar-refractivity contribution in [2.45, 2.75) is 65.0 Å². The average Bonchev–Trinajstić information content (AvgIpc) is 2.42. The number of hydrogen-bond donors (Lipinski definition) is 1. The molecule has 0 amide bonds. The molecule has 2 unspecified atom stereocenters. The average molecular weight is 255 g/mol. The minimum atomic E-state index is 0.703. The van der Waals surface area contributed by atoms with Gasteiger partial charge in [0.25, 0.3) is 0 Å². The number of nitrogens with zero attached hydrogens (tertiary/aromatic N) is 2. The van der Waals surface area contributed by atoms with Crippen molar-refractivity contribution in [3.63, 3.8) is 0 Å². The van der Waals surface area contributed by atoms with E-state index in [2.05, 4.69) is 30.6 Å². The van der Waals surface area contributed by atoms with E-state index in [9.17, 15) is 0 Å². The maximum Gasteiger partial charge on any atom is 0.0225 e. The lowest BCUT2D eigenvalue weighted by Crippen LogP contribution is -2.50. The van der Waals surface area contributed by atoms with Gasteiger partial charge in [0.15, 0.2) is 0 Å². The first-order chi connectivity index (χ1) is 8.72. The molecule has 0 bridgehead atoms. The first-order valence-electron chi connectivity index (χ1n) is 7.91. The molecule has 1 rings (SSSR count). The molecule has 1 heterocycles. The van der Waals surface area contributed by atoms with E-state index >= 15 is 0 Å². The highest BCUT2D eigenvalue weighted by molar-refractivity contribution is 4.83. The molecule has 0 spiro atoms. The van der Waals surface area contributed by atoms with Crippen LogP contribution in [0.15, 0.2) is 0 Å².